The highest BCUT2D eigenvalue weighted by atomic mass is 16.1. The highest BCUT2D eigenvalue weighted by Gasteiger charge is 2.17. The van der Waals surface area contributed by atoms with Crippen LogP contribution in [0.4, 0.5) is 0 Å². The first-order valence-corrected chi connectivity index (χ1v) is 5.78. The Morgan fingerprint density at radius 1 is 1.44 bits per heavy atom. The maximum Gasteiger partial charge on any atom is 0.254 e. The van der Waals surface area contributed by atoms with Crippen molar-refractivity contribution in [3.8, 4) is 0 Å². The van der Waals surface area contributed by atoms with Gasteiger partial charge in [0.25, 0.3) is 5.56 Å². The molecule has 0 atom stereocenters. The van der Waals surface area contributed by atoms with Crippen molar-refractivity contribution >= 4 is 0 Å². The van der Waals surface area contributed by atoms with Crippen LogP contribution in [0.5, 0.6) is 0 Å². The van der Waals surface area contributed by atoms with Gasteiger partial charge in [0, 0.05) is 25.1 Å². The van der Waals surface area contributed by atoms with E-state index >= 15 is 0 Å². The Bertz CT molecular complexity index is 426. The molecule has 5 heteroatoms. The van der Waals surface area contributed by atoms with Crippen LogP contribution >= 0.6 is 0 Å². The van der Waals surface area contributed by atoms with Gasteiger partial charge >= 0.3 is 0 Å². The lowest BCUT2D eigenvalue weighted by Crippen LogP contribution is -2.26. The molecule has 5 nitrogen and oxygen atoms in total. The number of nitrogens with one attached hydrogen (secondary N) is 1. The van der Waals surface area contributed by atoms with E-state index in [2.05, 4.69) is 21.8 Å². The zero-order chi connectivity index (χ0) is 11.5. The molecule has 0 aromatic carbocycles. The summed E-state index contributed by atoms with van der Waals surface area (Å²) in [5, 5.41) is 0. The van der Waals surface area contributed by atoms with Crippen LogP contribution in [0.3, 0.4) is 0 Å². The van der Waals surface area contributed by atoms with Gasteiger partial charge in [-0.1, -0.05) is 6.92 Å². The number of nitrogens with zero attached hydrogens (tertiary/aromatic N) is 2. The van der Waals surface area contributed by atoms with Crippen LogP contribution in [0.25, 0.3) is 0 Å². The van der Waals surface area contributed by atoms with Crippen molar-refractivity contribution < 1.29 is 0 Å². The molecule has 0 saturated carbocycles. The molecule has 0 unspecified atom stereocenters. The number of likely N-dealkylation sites (N-methyl/N-ethyl adjacent to an activating group) is 1. The molecule has 0 spiro atoms. The molecule has 2 rings (SSSR count). The maximum atomic E-state index is 11.8. The fourth-order valence-corrected chi connectivity index (χ4v) is 2.12. The highest BCUT2D eigenvalue weighted by Crippen LogP contribution is 2.09. The average molecular weight is 222 g/mol. The lowest BCUT2D eigenvalue weighted by atomic mass is 10.1. The average Bonchev–Trinajstić information content (AvgIpc) is 2.51. The molecule has 1 aromatic heterocycles. The minimum atomic E-state index is -0.0107. The van der Waals surface area contributed by atoms with E-state index in [1.54, 1.807) is 0 Å². The largest absolute Gasteiger partial charge is 0.324 e. The van der Waals surface area contributed by atoms with Gasteiger partial charge in [0.2, 0.25) is 0 Å². The number of fused-ring (bicyclic) bond motifs is 1. The van der Waals surface area contributed by atoms with Crippen molar-refractivity contribution in [3.05, 3.63) is 27.4 Å². The van der Waals surface area contributed by atoms with Gasteiger partial charge in [0.1, 0.15) is 5.82 Å². The molecule has 0 aliphatic carbocycles. The summed E-state index contributed by atoms with van der Waals surface area (Å²) in [5.74, 6) is 0.591. The Balaban J connectivity index is 2.34. The third-order valence-corrected chi connectivity index (χ3v) is 3.13. The Labute approximate surface area is 94.7 Å². The fraction of sp³-hybridized carbons (Fsp3) is 0.636. The van der Waals surface area contributed by atoms with Gasteiger partial charge < -0.3 is 15.6 Å². The third kappa shape index (κ3) is 2.15. The van der Waals surface area contributed by atoms with Gasteiger partial charge in [-0.15, -0.1) is 0 Å². The number of hydrogen-bond donors (Lipinski definition) is 2. The van der Waals surface area contributed by atoms with Crippen LogP contribution in [-0.2, 0) is 19.4 Å². The smallest absolute Gasteiger partial charge is 0.254 e. The number of hydrogen-bond acceptors (Lipinski definition) is 4. The Kier molecular flexibility index (Phi) is 3.36. The van der Waals surface area contributed by atoms with Crippen molar-refractivity contribution in [2.75, 3.05) is 19.6 Å². The first kappa shape index (κ1) is 11.3. The number of H-pyrrole nitrogens is 1. The van der Waals surface area contributed by atoms with Gasteiger partial charge in [0.05, 0.1) is 12.2 Å². The minimum Gasteiger partial charge on any atom is -0.324 e. The highest BCUT2D eigenvalue weighted by molar-refractivity contribution is 5.20. The van der Waals surface area contributed by atoms with E-state index < -0.39 is 0 Å². The van der Waals surface area contributed by atoms with Crippen molar-refractivity contribution in [2.24, 2.45) is 5.73 Å². The van der Waals surface area contributed by atoms with Gasteiger partial charge in [-0.2, -0.15) is 0 Å². The molecule has 3 N–H and O–H groups in total. The normalized spacial score (nSPS) is 16.9. The summed E-state index contributed by atoms with van der Waals surface area (Å²) in [7, 11) is 0. The summed E-state index contributed by atoms with van der Waals surface area (Å²) >= 11 is 0. The Hall–Kier alpha value is -1.20. The summed E-state index contributed by atoms with van der Waals surface area (Å²) in [4.78, 5) is 21.3. The SMILES string of the molecule is CCN1CCc2nc(CN)[nH]c(=O)c2CC1. The molecule has 0 bridgehead atoms. The molecular weight excluding hydrogens is 204 g/mol. The summed E-state index contributed by atoms with van der Waals surface area (Å²) in [5.41, 5.74) is 7.26. The molecule has 16 heavy (non-hydrogen) atoms. The van der Waals surface area contributed by atoms with Gasteiger partial charge in [-0.05, 0) is 13.0 Å². The van der Waals surface area contributed by atoms with Crippen LogP contribution in [0.15, 0.2) is 4.79 Å². The number of rotatable bonds is 2. The van der Waals surface area contributed by atoms with E-state index in [1.165, 1.54) is 0 Å². The van der Waals surface area contributed by atoms with Crippen LogP contribution in [0.1, 0.15) is 24.0 Å². The summed E-state index contributed by atoms with van der Waals surface area (Å²) < 4.78 is 0. The number of nitrogens with two attached hydrogens (primary N) is 1. The van der Waals surface area contributed by atoms with Crippen LogP contribution < -0.4 is 11.3 Å². The number of aromatic nitrogens is 2. The zero-order valence-corrected chi connectivity index (χ0v) is 9.62. The quantitative estimate of drug-likeness (QED) is 0.717. The molecule has 1 aliphatic rings. The summed E-state index contributed by atoms with van der Waals surface area (Å²) in [6.45, 7) is 5.37. The Morgan fingerprint density at radius 2 is 2.19 bits per heavy atom. The van der Waals surface area contributed by atoms with Crippen LogP contribution in [-0.4, -0.2) is 34.5 Å². The molecule has 88 valence electrons. The molecule has 2 heterocycles. The minimum absolute atomic E-state index is 0.0107. The first-order valence-electron chi connectivity index (χ1n) is 5.78. The zero-order valence-electron chi connectivity index (χ0n) is 9.62. The third-order valence-electron chi connectivity index (χ3n) is 3.13. The van der Waals surface area contributed by atoms with Crippen LogP contribution in [0.2, 0.25) is 0 Å². The molecule has 0 radical (unpaired) electrons. The summed E-state index contributed by atoms with van der Waals surface area (Å²) in [6.07, 6.45) is 1.64. The van der Waals surface area contributed by atoms with Gasteiger partial charge in [-0.3, -0.25) is 4.79 Å². The van der Waals surface area contributed by atoms with E-state index in [4.69, 9.17) is 5.73 Å². The second-order valence-corrected chi connectivity index (χ2v) is 4.08. The molecule has 0 amide bonds. The second kappa shape index (κ2) is 4.76. The Morgan fingerprint density at radius 3 is 2.88 bits per heavy atom. The van der Waals surface area contributed by atoms with Crippen molar-refractivity contribution in [1.29, 1.82) is 0 Å². The predicted molar refractivity (Wildman–Crippen MR) is 62.3 cm³/mol. The van der Waals surface area contributed by atoms with Crippen LogP contribution in [0, 0.1) is 0 Å². The van der Waals surface area contributed by atoms with E-state index in [-0.39, 0.29) is 5.56 Å². The van der Waals surface area contributed by atoms with Crippen molar-refractivity contribution in [3.63, 3.8) is 0 Å². The lowest BCUT2D eigenvalue weighted by molar-refractivity contribution is 0.303. The van der Waals surface area contributed by atoms with Gasteiger partial charge in [0.15, 0.2) is 0 Å². The standard InChI is InChI=1S/C11H18N4O/c1-2-15-5-3-8-9(4-6-15)13-10(7-12)14-11(8)16/h2-7,12H2,1H3,(H,13,14,16). The fourth-order valence-electron chi connectivity index (χ4n) is 2.12. The summed E-state index contributed by atoms with van der Waals surface area (Å²) in [6, 6.07) is 0. The topological polar surface area (TPSA) is 75.0 Å². The molecular formula is C11H18N4O. The second-order valence-electron chi connectivity index (χ2n) is 4.08. The molecule has 0 saturated heterocycles. The predicted octanol–water partition coefficient (Wildman–Crippen LogP) is -0.351. The van der Waals surface area contributed by atoms with E-state index in [9.17, 15) is 4.79 Å². The molecule has 0 fully saturated rings. The lowest BCUT2D eigenvalue weighted by Gasteiger charge is -2.15. The van der Waals surface area contributed by atoms with E-state index in [0.717, 1.165) is 43.7 Å². The van der Waals surface area contributed by atoms with E-state index in [0.29, 0.717) is 12.4 Å². The maximum absolute atomic E-state index is 11.8. The van der Waals surface area contributed by atoms with E-state index in [1.807, 2.05) is 0 Å². The number of aromatic amines is 1. The van der Waals surface area contributed by atoms with Crippen molar-refractivity contribution in [1.82, 2.24) is 14.9 Å². The van der Waals surface area contributed by atoms with Crippen molar-refractivity contribution in [2.45, 2.75) is 26.3 Å². The molecule has 1 aromatic rings. The van der Waals surface area contributed by atoms with Gasteiger partial charge in [-0.25, -0.2) is 4.98 Å². The first-order chi connectivity index (χ1) is 7.74. The monoisotopic (exact) mass is 222 g/mol. The molecule has 1 aliphatic heterocycles.